The van der Waals surface area contributed by atoms with Crippen molar-refractivity contribution in [3.05, 3.63) is 71.3 Å². The predicted octanol–water partition coefficient (Wildman–Crippen LogP) is 4.86. The zero-order valence-electron chi connectivity index (χ0n) is 17.8. The van der Waals surface area contributed by atoms with Gasteiger partial charge in [-0.1, -0.05) is 74.4 Å². The Balaban J connectivity index is 0.00000225. The Morgan fingerprint density at radius 3 is 2.10 bits per heavy atom. The van der Waals surface area contributed by atoms with Gasteiger partial charge in [0.05, 0.1) is 5.92 Å². The van der Waals surface area contributed by atoms with Crippen LogP contribution in [0, 0.1) is 5.92 Å². The quantitative estimate of drug-likeness (QED) is 0.631. The molecule has 0 saturated carbocycles. The summed E-state index contributed by atoms with van der Waals surface area (Å²) in [5.74, 6) is -0.283. The number of nitrogens with zero attached hydrogens (tertiary/aromatic N) is 1. The number of nitrogens with two attached hydrogens (primary N) is 1. The third-order valence-electron chi connectivity index (χ3n) is 5.73. The number of halogens is 2. The second kappa shape index (κ2) is 13.7. The first-order valence-corrected chi connectivity index (χ1v) is 10.5. The Morgan fingerprint density at radius 2 is 1.50 bits per heavy atom. The largest absolute Gasteiger partial charge is 0.352 e. The summed E-state index contributed by atoms with van der Waals surface area (Å²) in [6.45, 7) is 5.86. The van der Waals surface area contributed by atoms with Crippen molar-refractivity contribution in [2.45, 2.75) is 51.7 Å². The molecule has 2 aromatic rings. The molecule has 1 aliphatic rings. The van der Waals surface area contributed by atoms with Crippen molar-refractivity contribution < 1.29 is 4.79 Å². The number of carbonyl (C=O) groups is 1. The summed E-state index contributed by atoms with van der Waals surface area (Å²) in [5, 5.41) is 3.03. The molecular formula is C24H35Cl2N3O. The summed E-state index contributed by atoms with van der Waals surface area (Å²) in [5.41, 5.74) is 9.71. The van der Waals surface area contributed by atoms with Crippen molar-refractivity contribution in [3.63, 3.8) is 0 Å². The number of rotatable bonds is 7. The number of likely N-dealkylation sites (tertiary alicyclic amines) is 1. The van der Waals surface area contributed by atoms with Crippen molar-refractivity contribution >= 4 is 30.7 Å². The maximum absolute atomic E-state index is 12.5. The van der Waals surface area contributed by atoms with Crippen molar-refractivity contribution in [1.29, 1.82) is 0 Å². The Hall–Kier alpha value is -1.59. The minimum Gasteiger partial charge on any atom is -0.352 e. The highest BCUT2D eigenvalue weighted by molar-refractivity contribution is 5.85. The van der Waals surface area contributed by atoms with E-state index in [1.807, 2.05) is 37.3 Å². The molecule has 0 radical (unpaired) electrons. The van der Waals surface area contributed by atoms with Gasteiger partial charge in [0, 0.05) is 19.1 Å². The number of hydrogen-bond acceptors (Lipinski definition) is 3. The fourth-order valence-electron chi connectivity index (χ4n) is 3.79. The van der Waals surface area contributed by atoms with E-state index in [-0.39, 0.29) is 42.7 Å². The molecule has 1 fully saturated rings. The lowest BCUT2D eigenvalue weighted by atomic mass is 9.94. The molecule has 166 valence electrons. The molecule has 2 aromatic carbocycles. The molecule has 3 rings (SSSR count). The van der Waals surface area contributed by atoms with E-state index < -0.39 is 0 Å². The average molecular weight is 452 g/mol. The molecule has 0 spiro atoms. The van der Waals surface area contributed by atoms with Crippen LogP contribution in [0.25, 0.3) is 0 Å². The molecule has 6 heteroatoms. The maximum atomic E-state index is 12.5. The lowest BCUT2D eigenvalue weighted by Gasteiger charge is -2.20. The molecular weight excluding hydrogens is 417 g/mol. The standard InChI is InChI=1S/C24H33N3O.2ClH/c1-19(23(25)22-9-5-4-6-10-22)24(28)26-17-20-11-13-21(14-12-20)18-27-15-7-2-3-8-16-27;;/h4-6,9-14,19,23H,2-3,7-8,15-18,25H2,1H3,(H,26,28);2*1H. The van der Waals surface area contributed by atoms with E-state index in [1.165, 1.54) is 44.3 Å². The Morgan fingerprint density at radius 1 is 0.933 bits per heavy atom. The van der Waals surface area contributed by atoms with Crippen molar-refractivity contribution in [3.8, 4) is 0 Å². The van der Waals surface area contributed by atoms with Gasteiger partial charge in [0.1, 0.15) is 0 Å². The smallest absolute Gasteiger partial charge is 0.225 e. The fourth-order valence-corrected chi connectivity index (χ4v) is 3.79. The topological polar surface area (TPSA) is 58.4 Å². The first kappa shape index (κ1) is 26.4. The van der Waals surface area contributed by atoms with Crippen LogP contribution in [0.2, 0.25) is 0 Å². The molecule has 0 aliphatic carbocycles. The molecule has 4 nitrogen and oxygen atoms in total. The second-order valence-electron chi connectivity index (χ2n) is 7.95. The van der Waals surface area contributed by atoms with Gasteiger partial charge in [-0.3, -0.25) is 9.69 Å². The Labute approximate surface area is 193 Å². The Bertz CT molecular complexity index is 732. The van der Waals surface area contributed by atoms with Gasteiger partial charge in [-0.15, -0.1) is 24.8 Å². The van der Waals surface area contributed by atoms with E-state index in [0.717, 1.165) is 17.7 Å². The highest BCUT2D eigenvalue weighted by atomic mass is 35.5. The highest BCUT2D eigenvalue weighted by Gasteiger charge is 2.21. The van der Waals surface area contributed by atoms with Gasteiger partial charge in [0.2, 0.25) is 5.91 Å². The van der Waals surface area contributed by atoms with Crippen LogP contribution in [0.3, 0.4) is 0 Å². The lowest BCUT2D eigenvalue weighted by Crippen LogP contribution is -2.35. The van der Waals surface area contributed by atoms with E-state index in [0.29, 0.717) is 6.54 Å². The first-order valence-electron chi connectivity index (χ1n) is 10.5. The molecule has 1 aliphatic heterocycles. The number of hydrogen-bond donors (Lipinski definition) is 2. The molecule has 1 amide bonds. The zero-order chi connectivity index (χ0) is 19.8. The molecule has 3 N–H and O–H groups in total. The van der Waals surface area contributed by atoms with Crippen LogP contribution in [-0.2, 0) is 17.9 Å². The van der Waals surface area contributed by atoms with Crippen LogP contribution in [0.4, 0.5) is 0 Å². The third kappa shape index (κ3) is 7.92. The molecule has 2 unspecified atom stereocenters. The van der Waals surface area contributed by atoms with E-state index in [1.54, 1.807) is 0 Å². The van der Waals surface area contributed by atoms with E-state index >= 15 is 0 Å². The van der Waals surface area contributed by atoms with E-state index in [2.05, 4.69) is 34.5 Å². The molecule has 30 heavy (non-hydrogen) atoms. The van der Waals surface area contributed by atoms with Gasteiger partial charge in [-0.05, 0) is 42.6 Å². The minimum atomic E-state index is -0.294. The van der Waals surface area contributed by atoms with Crippen molar-refractivity contribution in [2.24, 2.45) is 11.7 Å². The summed E-state index contributed by atoms with van der Waals surface area (Å²) in [6.07, 6.45) is 5.35. The highest BCUT2D eigenvalue weighted by Crippen LogP contribution is 2.19. The summed E-state index contributed by atoms with van der Waals surface area (Å²) in [6, 6.07) is 18.1. The number of benzene rings is 2. The second-order valence-corrected chi connectivity index (χ2v) is 7.95. The normalized spacial score (nSPS) is 16.3. The zero-order valence-corrected chi connectivity index (χ0v) is 19.4. The average Bonchev–Trinajstić information content (AvgIpc) is 3.01. The summed E-state index contributed by atoms with van der Waals surface area (Å²) in [4.78, 5) is 15.0. The molecule has 1 saturated heterocycles. The van der Waals surface area contributed by atoms with Gasteiger partial charge in [0.15, 0.2) is 0 Å². The van der Waals surface area contributed by atoms with Gasteiger partial charge in [-0.2, -0.15) is 0 Å². The molecule has 0 aromatic heterocycles. The molecule has 1 heterocycles. The predicted molar refractivity (Wildman–Crippen MR) is 129 cm³/mol. The summed E-state index contributed by atoms with van der Waals surface area (Å²) >= 11 is 0. The SMILES string of the molecule is CC(C(=O)NCc1ccc(CN2CCCCCC2)cc1)C(N)c1ccccc1.Cl.Cl. The minimum absolute atomic E-state index is 0. The number of nitrogens with one attached hydrogen (secondary N) is 1. The van der Waals surface area contributed by atoms with Gasteiger partial charge in [0.25, 0.3) is 0 Å². The van der Waals surface area contributed by atoms with Crippen molar-refractivity contribution in [1.82, 2.24) is 10.2 Å². The van der Waals surface area contributed by atoms with Crippen LogP contribution in [0.5, 0.6) is 0 Å². The van der Waals surface area contributed by atoms with Crippen LogP contribution >= 0.6 is 24.8 Å². The van der Waals surface area contributed by atoms with E-state index in [9.17, 15) is 4.79 Å². The van der Waals surface area contributed by atoms with Gasteiger partial charge in [-0.25, -0.2) is 0 Å². The van der Waals surface area contributed by atoms with Crippen molar-refractivity contribution in [2.75, 3.05) is 13.1 Å². The lowest BCUT2D eigenvalue weighted by molar-refractivity contribution is -0.125. The Kier molecular flexibility index (Phi) is 12.0. The summed E-state index contributed by atoms with van der Waals surface area (Å²) < 4.78 is 0. The van der Waals surface area contributed by atoms with Crippen LogP contribution in [0.15, 0.2) is 54.6 Å². The third-order valence-corrected chi connectivity index (χ3v) is 5.73. The van der Waals surface area contributed by atoms with Gasteiger partial charge >= 0.3 is 0 Å². The monoisotopic (exact) mass is 451 g/mol. The van der Waals surface area contributed by atoms with Crippen LogP contribution in [-0.4, -0.2) is 23.9 Å². The van der Waals surface area contributed by atoms with Gasteiger partial charge < -0.3 is 11.1 Å². The first-order chi connectivity index (χ1) is 13.6. The fraction of sp³-hybridized carbons (Fsp3) is 0.458. The number of amides is 1. The molecule has 2 atom stereocenters. The number of carbonyl (C=O) groups excluding carboxylic acids is 1. The van der Waals surface area contributed by atoms with E-state index in [4.69, 9.17) is 5.73 Å². The molecule has 0 bridgehead atoms. The van der Waals surface area contributed by atoms with Crippen LogP contribution < -0.4 is 11.1 Å². The maximum Gasteiger partial charge on any atom is 0.225 e. The summed E-state index contributed by atoms with van der Waals surface area (Å²) in [7, 11) is 0. The van der Waals surface area contributed by atoms with Crippen LogP contribution in [0.1, 0.15) is 55.3 Å².